The normalized spacial score (nSPS) is 31.7. The molecule has 0 saturated carbocycles. The minimum absolute atomic E-state index is 0.0886. The topological polar surface area (TPSA) is 67.9 Å². The number of amides is 2. The van der Waals surface area contributed by atoms with Gasteiger partial charge >= 0.3 is 0 Å². The van der Waals surface area contributed by atoms with Gasteiger partial charge < -0.3 is 14.9 Å². The van der Waals surface area contributed by atoms with E-state index in [2.05, 4.69) is 11.9 Å². The van der Waals surface area contributed by atoms with E-state index in [1.165, 1.54) is 11.3 Å². The minimum atomic E-state index is -0.916. The van der Waals surface area contributed by atoms with E-state index >= 15 is 0 Å². The predicted molar refractivity (Wildman–Crippen MR) is 90.7 cm³/mol. The lowest BCUT2D eigenvalue weighted by atomic mass is 9.81. The van der Waals surface area contributed by atoms with Crippen LogP contribution in [-0.4, -0.2) is 42.2 Å². The third kappa shape index (κ3) is 4.17. The summed E-state index contributed by atoms with van der Waals surface area (Å²) >= 11 is 0. The molecule has 1 N–H and O–H groups in total. The Morgan fingerprint density at radius 1 is 1.33 bits per heavy atom. The summed E-state index contributed by atoms with van der Waals surface area (Å²) in [6.07, 6.45) is 8.92. The van der Waals surface area contributed by atoms with Crippen LogP contribution in [0.5, 0.6) is 0 Å². The third-order valence-electron chi connectivity index (χ3n) is 4.77. The maximum Gasteiger partial charge on any atom is 0.287 e. The highest BCUT2D eigenvalue weighted by molar-refractivity contribution is 5.85. The van der Waals surface area contributed by atoms with E-state index in [9.17, 15) is 9.59 Å². The summed E-state index contributed by atoms with van der Waals surface area (Å²) < 4.78 is 5.57. The van der Waals surface area contributed by atoms with Crippen LogP contribution in [-0.2, 0) is 19.2 Å². The molecule has 2 atom stereocenters. The van der Waals surface area contributed by atoms with E-state index in [0.717, 1.165) is 25.8 Å². The highest BCUT2D eigenvalue weighted by Gasteiger charge is 2.41. The summed E-state index contributed by atoms with van der Waals surface area (Å²) in [5.74, 6) is -0.123. The molecular formula is C18H28N2O4. The molecule has 2 aliphatic heterocycles. The summed E-state index contributed by atoms with van der Waals surface area (Å²) in [7, 11) is 0. The van der Waals surface area contributed by atoms with Crippen LogP contribution >= 0.6 is 0 Å². The van der Waals surface area contributed by atoms with Gasteiger partial charge in [0.15, 0.2) is 5.60 Å². The standard InChI is InChI=1S/C18H28N2O4/c1-4-8-18(3)16(22)20(12-14-23-18)24-13-7-10-17(2)9-5-6-11-19-15(17)21/h4,7,13H,1,5-6,8-12,14H2,2-3H3,(H,19,21)/b13-7+/t17-,18-/m0/s1. The molecule has 134 valence electrons. The number of morpholine rings is 1. The highest BCUT2D eigenvalue weighted by Crippen LogP contribution is 2.31. The average Bonchev–Trinajstić information content (AvgIpc) is 2.71. The van der Waals surface area contributed by atoms with Gasteiger partial charge in [0, 0.05) is 18.4 Å². The first-order chi connectivity index (χ1) is 11.4. The van der Waals surface area contributed by atoms with Crippen molar-refractivity contribution in [3.8, 4) is 0 Å². The van der Waals surface area contributed by atoms with Gasteiger partial charge in [-0.25, -0.2) is 0 Å². The van der Waals surface area contributed by atoms with Crippen molar-refractivity contribution in [2.75, 3.05) is 19.7 Å². The lowest BCUT2D eigenvalue weighted by Gasteiger charge is -2.37. The molecule has 6 heteroatoms. The molecule has 0 aromatic heterocycles. The third-order valence-corrected chi connectivity index (χ3v) is 4.77. The number of allylic oxidation sites excluding steroid dienone is 1. The zero-order valence-corrected chi connectivity index (χ0v) is 14.7. The van der Waals surface area contributed by atoms with Crippen LogP contribution in [0.1, 0.15) is 46.0 Å². The van der Waals surface area contributed by atoms with Gasteiger partial charge in [-0.2, -0.15) is 5.06 Å². The molecule has 0 spiro atoms. The van der Waals surface area contributed by atoms with Crippen LogP contribution in [0.3, 0.4) is 0 Å². The Balaban J connectivity index is 1.90. The molecule has 0 bridgehead atoms. The molecule has 0 aromatic rings. The Labute approximate surface area is 143 Å². The van der Waals surface area contributed by atoms with Crippen LogP contribution in [0.2, 0.25) is 0 Å². The number of rotatable bonds is 6. The van der Waals surface area contributed by atoms with Gasteiger partial charge in [0.2, 0.25) is 5.91 Å². The van der Waals surface area contributed by atoms with Crippen LogP contribution in [0.4, 0.5) is 0 Å². The number of ether oxygens (including phenoxy) is 1. The van der Waals surface area contributed by atoms with Gasteiger partial charge in [-0.1, -0.05) is 19.4 Å². The van der Waals surface area contributed by atoms with Gasteiger partial charge in [-0.3, -0.25) is 9.59 Å². The van der Waals surface area contributed by atoms with E-state index in [0.29, 0.717) is 26.0 Å². The Morgan fingerprint density at radius 3 is 2.88 bits per heavy atom. The van der Waals surface area contributed by atoms with Crippen LogP contribution < -0.4 is 5.32 Å². The van der Waals surface area contributed by atoms with Crippen molar-refractivity contribution < 1.29 is 19.2 Å². The average molecular weight is 336 g/mol. The van der Waals surface area contributed by atoms with Gasteiger partial charge in [0.1, 0.15) is 6.26 Å². The molecule has 6 nitrogen and oxygen atoms in total. The van der Waals surface area contributed by atoms with Crippen molar-refractivity contribution in [3.05, 3.63) is 25.0 Å². The first-order valence-electron chi connectivity index (χ1n) is 8.58. The zero-order chi connectivity index (χ0) is 17.6. The van der Waals surface area contributed by atoms with Crippen molar-refractivity contribution in [1.29, 1.82) is 0 Å². The fourth-order valence-electron chi connectivity index (χ4n) is 3.09. The summed E-state index contributed by atoms with van der Waals surface area (Å²) in [5, 5.41) is 4.27. The Hall–Kier alpha value is -1.82. The van der Waals surface area contributed by atoms with Crippen molar-refractivity contribution in [1.82, 2.24) is 10.4 Å². The van der Waals surface area contributed by atoms with Gasteiger partial charge in [0.25, 0.3) is 5.91 Å². The molecule has 0 aromatic carbocycles. The van der Waals surface area contributed by atoms with Crippen molar-refractivity contribution in [2.24, 2.45) is 5.41 Å². The monoisotopic (exact) mass is 336 g/mol. The molecule has 0 radical (unpaired) electrons. The fraction of sp³-hybridized carbons (Fsp3) is 0.667. The summed E-state index contributed by atoms with van der Waals surface area (Å²) in [6.45, 7) is 8.93. The number of carbonyl (C=O) groups excluding carboxylic acids is 2. The minimum Gasteiger partial charge on any atom is -0.385 e. The largest absolute Gasteiger partial charge is 0.385 e. The van der Waals surface area contributed by atoms with Crippen molar-refractivity contribution in [2.45, 2.75) is 51.6 Å². The van der Waals surface area contributed by atoms with Crippen LogP contribution in [0.25, 0.3) is 0 Å². The summed E-state index contributed by atoms with van der Waals surface area (Å²) in [4.78, 5) is 30.1. The molecule has 2 aliphatic rings. The number of hydroxylamine groups is 2. The second kappa shape index (κ2) is 7.83. The van der Waals surface area contributed by atoms with E-state index < -0.39 is 11.0 Å². The quantitative estimate of drug-likeness (QED) is 0.597. The molecule has 2 fully saturated rings. The van der Waals surface area contributed by atoms with Crippen molar-refractivity contribution >= 4 is 11.8 Å². The second-order valence-electron chi connectivity index (χ2n) is 6.93. The zero-order valence-electron chi connectivity index (χ0n) is 14.7. The number of nitrogens with one attached hydrogen (secondary N) is 1. The highest BCUT2D eigenvalue weighted by atomic mass is 16.7. The SMILES string of the molecule is C=CC[C@]1(C)OCCN(O/C=C/C[C@]2(C)CCCCNC2=O)C1=O. The van der Waals surface area contributed by atoms with E-state index in [4.69, 9.17) is 9.57 Å². The molecule has 2 heterocycles. The Morgan fingerprint density at radius 2 is 2.12 bits per heavy atom. The fourth-order valence-corrected chi connectivity index (χ4v) is 3.09. The second-order valence-corrected chi connectivity index (χ2v) is 6.93. The predicted octanol–water partition coefficient (Wildman–Crippen LogP) is 2.32. The first-order valence-corrected chi connectivity index (χ1v) is 8.58. The lowest BCUT2D eigenvalue weighted by Crippen LogP contribution is -2.54. The van der Waals surface area contributed by atoms with E-state index in [-0.39, 0.29) is 11.8 Å². The number of hydrogen-bond donors (Lipinski definition) is 1. The molecule has 0 unspecified atom stereocenters. The number of hydrogen-bond acceptors (Lipinski definition) is 4. The maximum atomic E-state index is 12.4. The van der Waals surface area contributed by atoms with Gasteiger partial charge in [-0.15, -0.1) is 6.58 Å². The Bertz CT molecular complexity index is 519. The number of nitrogens with zero attached hydrogens (tertiary/aromatic N) is 1. The summed E-state index contributed by atoms with van der Waals surface area (Å²) in [5.41, 5.74) is -1.33. The van der Waals surface area contributed by atoms with Crippen LogP contribution in [0.15, 0.2) is 25.0 Å². The van der Waals surface area contributed by atoms with Crippen molar-refractivity contribution in [3.63, 3.8) is 0 Å². The smallest absolute Gasteiger partial charge is 0.287 e. The van der Waals surface area contributed by atoms with Crippen LogP contribution in [0, 0.1) is 5.41 Å². The molecule has 2 amide bonds. The molecule has 2 rings (SSSR count). The molecule has 0 aliphatic carbocycles. The molecule has 2 saturated heterocycles. The van der Waals surface area contributed by atoms with E-state index in [1.54, 1.807) is 13.0 Å². The molecular weight excluding hydrogens is 308 g/mol. The number of carbonyl (C=O) groups is 2. The maximum absolute atomic E-state index is 12.4. The first kappa shape index (κ1) is 18.5. The van der Waals surface area contributed by atoms with E-state index in [1.807, 2.05) is 13.0 Å². The lowest BCUT2D eigenvalue weighted by molar-refractivity contribution is -0.213. The van der Waals surface area contributed by atoms with Gasteiger partial charge in [-0.05, 0) is 32.3 Å². The Kier molecular flexibility index (Phi) is 6.04. The summed E-state index contributed by atoms with van der Waals surface area (Å²) in [6, 6.07) is 0. The van der Waals surface area contributed by atoms with Gasteiger partial charge in [0.05, 0.1) is 13.2 Å². The molecule has 24 heavy (non-hydrogen) atoms.